The van der Waals surface area contributed by atoms with Gasteiger partial charge in [-0.1, -0.05) is 62.4 Å². The first-order valence-electron chi connectivity index (χ1n) is 11.0. The van der Waals surface area contributed by atoms with E-state index in [1.54, 1.807) is 19.1 Å². The SMILES string of the molecule is COc1ccc(CN2C(=O)C(O)=C(c3ccc(OC)cc3)[C@H]2c2ccc(C(C)C)cc2)cc1. The minimum atomic E-state index is -0.408. The molecule has 5 nitrogen and oxygen atoms in total. The van der Waals surface area contributed by atoms with E-state index < -0.39 is 6.04 Å². The second-order valence-corrected chi connectivity index (χ2v) is 8.50. The van der Waals surface area contributed by atoms with E-state index in [9.17, 15) is 9.90 Å². The van der Waals surface area contributed by atoms with Crippen molar-refractivity contribution in [3.05, 3.63) is 101 Å². The number of amides is 1. The molecule has 0 unspecified atom stereocenters. The lowest BCUT2D eigenvalue weighted by Gasteiger charge is -2.28. The third-order valence-electron chi connectivity index (χ3n) is 6.14. The van der Waals surface area contributed by atoms with Crippen LogP contribution in [0.4, 0.5) is 0 Å². The summed E-state index contributed by atoms with van der Waals surface area (Å²) in [6.07, 6.45) is 0. The number of ether oxygens (including phenoxy) is 2. The maximum Gasteiger partial charge on any atom is 0.290 e. The van der Waals surface area contributed by atoms with Gasteiger partial charge in [-0.25, -0.2) is 0 Å². The molecule has 170 valence electrons. The van der Waals surface area contributed by atoms with Gasteiger partial charge in [-0.05, 0) is 52.4 Å². The van der Waals surface area contributed by atoms with E-state index in [-0.39, 0.29) is 11.7 Å². The third-order valence-corrected chi connectivity index (χ3v) is 6.14. The van der Waals surface area contributed by atoms with Crippen molar-refractivity contribution in [2.24, 2.45) is 0 Å². The van der Waals surface area contributed by atoms with Gasteiger partial charge in [0.25, 0.3) is 5.91 Å². The summed E-state index contributed by atoms with van der Waals surface area (Å²) < 4.78 is 10.5. The lowest BCUT2D eigenvalue weighted by molar-refractivity contribution is -0.130. The highest BCUT2D eigenvalue weighted by molar-refractivity contribution is 6.05. The minimum absolute atomic E-state index is 0.216. The summed E-state index contributed by atoms with van der Waals surface area (Å²) in [7, 11) is 3.24. The molecule has 1 heterocycles. The van der Waals surface area contributed by atoms with E-state index in [0.29, 0.717) is 18.0 Å². The van der Waals surface area contributed by atoms with Crippen molar-refractivity contribution in [1.29, 1.82) is 0 Å². The van der Waals surface area contributed by atoms with E-state index in [1.165, 1.54) is 5.56 Å². The van der Waals surface area contributed by atoms with Crippen molar-refractivity contribution in [2.75, 3.05) is 14.2 Å². The maximum absolute atomic E-state index is 13.3. The Labute approximate surface area is 194 Å². The van der Waals surface area contributed by atoms with Gasteiger partial charge in [-0.3, -0.25) is 4.79 Å². The Bertz CT molecular complexity index is 1150. The summed E-state index contributed by atoms with van der Waals surface area (Å²) in [5, 5.41) is 11.0. The monoisotopic (exact) mass is 443 g/mol. The van der Waals surface area contributed by atoms with Crippen molar-refractivity contribution in [2.45, 2.75) is 32.4 Å². The zero-order valence-electron chi connectivity index (χ0n) is 19.4. The molecule has 0 aliphatic carbocycles. The Morgan fingerprint density at radius 1 is 0.848 bits per heavy atom. The Hall–Kier alpha value is -3.73. The Balaban J connectivity index is 1.76. The molecule has 0 bridgehead atoms. The van der Waals surface area contributed by atoms with Crippen LogP contribution >= 0.6 is 0 Å². The van der Waals surface area contributed by atoms with Crippen molar-refractivity contribution >= 4 is 11.5 Å². The van der Waals surface area contributed by atoms with Gasteiger partial charge < -0.3 is 19.5 Å². The van der Waals surface area contributed by atoms with E-state index in [4.69, 9.17) is 9.47 Å². The highest BCUT2D eigenvalue weighted by Crippen LogP contribution is 2.44. The average Bonchev–Trinajstić information content (AvgIpc) is 3.09. The van der Waals surface area contributed by atoms with Gasteiger partial charge in [0.2, 0.25) is 0 Å². The molecule has 1 aliphatic rings. The van der Waals surface area contributed by atoms with E-state index >= 15 is 0 Å². The van der Waals surface area contributed by atoms with Crippen LogP contribution in [0.2, 0.25) is 0 Å². The van der Waals surface area contributed by atoms with Crippen molar-refractivity contribution in [3.63, 3.8) is 0 Å². The highest BCUT2D eigenvalue weighted by atomic mass is 16.5. The van der Waals surface area contributed by atoms with Crippen LogP contribution in [0.5, 0.6) is 11.5 Å². The van der Waals surface area contributed by atoms with Gasteiger partial charge in [0, 0.05) is 12.1 Å². The number of methoxy groups -OCH3 is 2. The summed E-state index contributed by atoms with van der Waals surface area (Å²) in [4.78, 5) is 15.0. The van der Waals surface area contributed by atoms with E-state index in [1.807, 2.05) is 48.5 Å². The van der Waals surface area contributed by atoms with Gasteiger partial charge in [0.05, 0.1) is 20.3 Å². The molecule has 0 spiro atoms. The molecule has 0 saturated heterocycles. The fourth-order valence-corrected chi connectivity index (χ4v) is 4.22. The molecule has 1 aliphatic heterocycles. The molecule has 3 aromatic carbocycles. The number of hydrogen-bond donors (Lipinski definition) is 1. The second kappa shape index (κ2) is 9.41. The van der Waals surface area contributed by atoms with Crippen molar-refractivity contribution < 1.29 is 19.4 Å². The van der Waals surface area contributed by atoms with Crippen LogP contribution in [-0.4, -0.2) is 30.1 Å². The standard InChI is InChI=1S/C28H29NO4/c1-18(2)20-7-9-22(10-8-20)26-25(21-11-15-24(33-4)16-12-21)27(30)28(31)29(26)17-19-5-13-23(32-3)14-6-19/h5-16,18,26,30H,17H2,1-4H3/t26-/m1/s1. The number of aliphatic hydroxyl groups excluding tert-OH is 1. The first-order chi connectivity index (χ1) is 15.9. The van der Waals surface area contributed by atoms with Gasteiger partial charge in [0.1, 0.15) is 11.5 Å². The second-order valence-electron chi connectivity index (χ2n) is 8.50. The molecule has 0 radical (unpaired) electrons. The largest absolute Gasteiger partial charge is 0.503 e. The predicted molar refractivity (Wildman–Crippen MR) is 129 cm³/mol. The minimum Gasteiger partial charge on any atom is -0.503 e. The third kappa shape index (κ3) is 4.44. The normalized spacial score (nSPS) is 16.0. The smallest absolute Gasteiger partial charge is 0.290 e. The Morgan fingerprint density at radius 2 is 1.39 bits per heavy atom. The number of hydrogen-bond acceptors (Lipinski definition) is 4. The van der Waals surface area contributed by atoms with Gasteiger partial charge in [-0.2, -0.15) is 0 Å². The number of rotatable bonds is 7. The molecule has 33 heavy (non-hydrogen) atoms. The summed E-state index contributed by atoms with van der Waals surface area (Å²) in [5.74, 6) is 1.29. The van der Waals surface area contributed by atoms with Gasteiger partial charge in [-0.15, -0.1) is 0 Å². The van der Waals surface area contributed by atoms with Crippen molar-refractivity contribution in [3.8, 4) is 11.5 Å². The maximum atomic E-state index is 13.3. The summed E-state index contributed by atoms with van der Waals surface area (Å²) in [6, 6.07) is 22.9. The topological polar surface area (TPSA) is 59.0 Å². The Kier molecular flexibility index (Phi) is 6.40. The average molecular weight is 444 g/mol. The molecule has 0 saturated carbocycles. The molecular weight excluding hydrogens is 414 g/mol. The molecule has 1 N–H and O–H groups in total. The molecule has 5 heteroatoms. The number of carbonyl (C=O) groups excluding carboxylic acids is 1. The number of aliphatic hydroxyl groups is 1. The summed E-state index contributed by atoms with van der Waals surface area (Å²) in [6.45, 7) is 4.67. The quantitative estimate of drug-likeness (QED) is 0.495. The van der Waals surface area contributed by atoms with E-state index in [2.05, 4.69) is 38.1 Å². The molecule has 1 amide bonds. The predicted octanol–water partition coefficient (Wildman–Crippen LogP) is 5.88. The van der Waals surface area contributed by atoms with Crippen LogP contribution in [0, 0.1) is 0 Å². The number of nitrogens with zero attached hydrogens (tertiary/aromatic N) is 1. The zero-order chi connectivity index (χ0) is 23.5. The lowest BCUT2D eigenvalue weighted by atomic mass is 9.91. The zero-order valence-corrected chi connectivity index (χ0v) is 19.4. The first kappa shape index (κ1) is 22.5. The summed E-state index contributed by atoms with van der Waals surface area (Å²) in [5.41, 5.74) is 4.53. The van der Waals surface area contributed by atoms with Crippen LogP contribution in [0.1, 0.15) is 48.1 Å². The fraction of sp³-hybridized carbons (Fsp3) is 0.250. The molecule has 3 aromatic rings. The molecule has 1 atom stereocenters. The first-order valence-corrected chi connectivity index (χ1v) is 11.0. The lowest BCUT2D eigenvalue weighted by Crippen LogP contribution is -2.29. The van der Waals surface area contributed by atoms with Crippen LogP contribution < -0.4 is 9.47 Å². The van der Waals surface area contributed by atoms with Crippen molar-refractivity contribution in [1.82, 2.24) is 4.90 Å². The summed E-state index contributed by atoms with van der Waals surface area (Å²) >= 11 is 0. The van der Waals surface area contributed by atoms with E-state index in [0.717, 1.165) is 28.2 Å². The van der Waals surface area contributed by atoms with Gasteiger partial charge >= 0.3 is 0 Å². The fourth-order valence-electron chi connectivity index (χ4n) is 4.22. The van der Waals surface area contributed by atoms with Gasteiger partial charge in [0.15, 0.2) is 5.76 Å². The van der Waals surface area contributed by atoms with Crippen LogP contribution in [-0.2, 0) is 11.3 Å². The molecule has 0 fully saturated rings. The van der Waals surface area contributed by atoms with Crippen LogP contribution in [0.25, 0.3) is 5.57 Å². The Morgan fingerprint density at radius 3 is 1.91 bits per heavy atom. The van der Waals surface area contributed by atoms with Crippen LogP contribution in [0.15, 0.2) is 78.6 Å². The molecule has 0 aromatic heterocycles. The molecule has 4 rings (SSSR count). The van der Waals surface area contributed by atoms with Crippen LogP contribution in [0.3, 0.4) is 0 Å². The molecular formula is C28H29NO4. The highest BCUT2D eigenvalue weighted by Gasteiger charge is 2.41. The number of carbonyl (C=O) groups is 1. The number of benzene rings is 3.